The highest BCUT2D eigenvalue weighted by Crippen LogP contribution is 2.25. The first-order valence-electron chi connectivity index (χ1n) is 1.45. The predicted molar refractivity (Wildman–Crippen MR) is 38.2 cm³/mol. The molecule has 7 nitrogen and oxygen atoms in total. The summed E-state index contributed by atoms with van der Waals surface area (Å²) >= 11 is 0. The second kappa shape index (κ2) is 22.4. The summed E-state index contributed by atoms with van der Waals surface area (Å²) < 4.78 is 8.88. The molecule has 65 valence electrons. The van der Waals surface area contributed by atoms with Crippen LogP contribution in [0.15, 0.2) is 0 Å². The van der Waals surface area contributed by atoms with Crippen molar-refractivity contribution in [3.63, 3.8) is 0 Å². The van der Waals surface area contributed by atoms with E-state index in [9.17, 15) is 0 Å². The molecule has 0 aliphatic carbocycles. The molecule has 0 unspecified atom stereocenters. The fourth-order valence-electron chi connectivity index (χ4n) is 0. The molecule has 6 N–H and O–H groups in total. The Kier molecular flexibility index (Phi) is 46.0. The average molecular weight is 233 g/mol. The summed E-state index contributed by atoms with van der Waals surface area (Å²) in [6.07, 6.45) is 0. The first-order valence-corrected chi connectivity index (χ1v) is 4.36. The molecule has 11 heavy (non-hydrogen) atoms. The van der Waals surface area contributed by atoms with Gasteiger partial charge in [0.25, 0.3) is 0 Å². The summed E-state index contributed by atoms with van der Waals surface area (Å²) in [5, 5.41) is 0. The van der Waals surface area contributed by atoms with Crippen molar-refractivity contribution in [2.24, 2.45) is 0 Å². The summed E-state index contributed by atoms with van der Waals surface area (Å²) in [6.45, 7) is 0. The fourth-order valence-corrected chi connectivity index (χ4v) is 0. The van der Waals surface area contributed by atoms with Gasteiger partial charge < -0.3 is 29.1 Å². The van der Waals surface area contributed by atoms with Gasteiger partial charge in [-0.3, -0.25) is 0 Å². The van der Waals surface area contributed by atoms with E-state index in [1.165, 1.54) is 0 Å². The van der Waals surface area contributed by atoms with E-state index in [4.69, 9.17) is 33.6 Å². The normalized spacial score (nSPS) is 7.00. The van der Waals surface area contributed by atoms with Crippen molar-refractivity contribution in [1.82, 2.24) is 0 Å². The van der Waals surface area contributed by atoms with Crippen LogP contribution in [0.3, 0.4) is 0 Å². The van der Waals surface area contributed by atoms with Crippen molar-refractivity contribution in [3.05, 3.63) is 0 Å². The molecule has 9 radical (unpaired) electrons. The zero-order valence-electron chi connectivity index (χ0n) is 5.04. The molecule has 11 heteroatoms. The first kappa shape index (κ1) is 22.6. The number of rotatable bonds is 0. The molecule has 0 aromatic rings. The number of hydrogen-bond donors (Lipinski definition) is 6. The van der Waals surface area contributed by atoms with E-state index in [1.807, 2.05) is 31.5 Å². The number of hydrogen-bond acceptors (Lipinski definition) is 4. The van der Waals surface area contributed by atoms with E-state index in [1.54, 1.807) is 0 Å². The minimum absolute atomic E-state index is 1.97. The first-order chi connectivity index (χ1) is 5.00. The lowest BCUT2D eigenvalue weighted by atomic mass is 15.8. The molecule has 0 amide bonds. The molecule has 0 saturated carbocycles. The second-order valence-corrected chi connectivity index (χ2v) is 1.54. The monoisotopic (exact) mass is 233 g/mol. The Hall–Kier alpha value is 0.641. The Morgan fingerprint density at radius 2 is 0.727 bits per heavy atom. The summed E-state index contributed by atoms with van der Waals surface area (Å²) in [7, 11) is 1.28. The van der Waals surface area contributed by atoms with Crippen LogP contribution in [0.25, 0.3) is 0 Å². The molecule has 0 aromatic carbocycles. The Labute approximate surface area is 73.6 Å². The Morgan fingerprint density at radius 1 is 0.727 bits per heavy atom. The minimum Gasteiger partial charge on any atom is -0.433 e. The van der Waals surface area contributed by atoms with Crippen molar-refractivity contribution >= 4 is 39.3 Å². The molecular weight excluding hydrogens is 227 g/mol. The SMILES string of the molecule is O=P(O)(O)O.O[Si].O[Si].O[Si]. The third-order valence-electron chi connectivity index (χ3n) is 0. The molecule has 0 heterocycles. The molecule has 0 rings (SSSR count). The molecule has 0 aliphatic rings. The molecule has 0 aromatic heterocycles. The summed E-state index contributed by atoms with van der Waals surface area (Å²) in [5.74, 6) is 0. The maximum absolute atomic E-state index is 8.88. The van der Waals surface area contributed by atoms with Gasteiger partial charge in [-0.1, -0.05) is 0 Å². The van der Waals surface area contributed by atoms with E-state index < -0.39 is 7.82 Å². The van der Waals surface area contributed by atoms with Gasteiger partial charge in [-0.25, -0.2) is 4.57 Å². The predicted octanol–water partition coefficient (Wildman–Crippen LogP) is -3.74. The van der Waals surface area contributed by atoms with E-state index in [0.717, 1.165) is 0 Å². The van der Waals surface area contributed by atoms with Gasteiger partial charge in [-0.15, -0.1) is 0 Å². The van der Waals surface area contributed by atoms with Crippen LogP contribution in [0.4, 0.5) is 0 Å². The highest BCUT2D eigenvalue weighted by Gasteiger charge is 2.00. The molecule has 0 fully saturated rings. The van der Waals surface area contributed by atoms with Crippen LogP contribution in [0.5, 0.6) is 0 Å². The van der Waals surface area contributed by atoms with Crippen molar-refractivity contribution in [2.75, 3.05) is 0 Å². The lowest BCUT2D eigenvalue weighted by Crippen LogP contribution is -1.66. The zero-order valence-corrected chi connectivity index (χ0v) is 8.93. The Morgan fingerprint density at radius 3 is 0.727 bits per heavy atom. The van der Waals surface area contributed by atoms with Crippen LogP contribution in [0.2, 0.25) is 0 Å². The summed E-state index contributed by atoms with van der Waals surface area (Å²) in [6, 6.07) is 0. The molecular formula is H6O7PSi3. The third kappa shape index (κ3) is 1940. The van der Waals surface area contributed by atoms with Gasteiger partial charge >= 0.3 is 7.82 Å². The van der Waals surface area contributed by atoms with E-state index >= 15 is 0 Å². The quantitative estimate of drug-likeness (QED) is 0.187. The van der Waals surface area contributed by atoms with Gasteiger partial charge in [-0.05, 0) is 0 Å². The number of phosphoric acid groups is 1. The van der Waals surface area contributed by atoms with Gasteiger partial charge in [0.1, 0.15) is 0 Å². The smallest absolute Gasteiger partial charge is 0.433 e. The van der Waals surface area contributed by atoms with E-state index in [0.29, 0.717) is 0 Å². The Balaban J connectivity index is -0.0000000350. The van der Waals surface area contributed by atoms with Gasteiger partial charge in [0, 0.05) is 0 Å². The summed E-state index contributed by atoms with van der Waals surface area (Å²) in [4.78, 5) is 42.0. The molecule has 0 bridgehead atoms. The second-order valence-electron chi connectivity index (χ2n) is 0.513. The lowest BCUT2D eigenvalue weighted by Gasteiger charge is -1.82. The maximum Gasteiger partial charge on any atom is 0.466 e. The van der Waals surface area contributed by atoms with Gasteiger partial charge in [-0.2, -0.15) is 0 Å². The van der Waals surface area contributed by atoms with Crippen LogP contribution >= 0.6 is 7.82 Å². The van der Waals surface area contributed by atoms with Crippen LogP contribution in [-0.4, -0.2) is 60.5 Å². The van der Waals surface area contributed by atoms with E-state index in [2.05, 4.69) is 0 Å². The summed E-state index contributed by atoms with van der Waals surface area (Å²) in [5.41, 5.74) is 0. The Bertz CT molecular complexity index is 59.8. The highest BCUT2D eigenvalue weighted by atomic mass is 31.2. The van der Waals surface area contributed by atoms with Crippen LogP contribution in [0.1, 0.15) is 0 Å². The molecule has 0 aliphatic heterocycles. The van der Waals surface area contributed by atoms with Gasteiger partial charge in [0.2, 0.25) is 31.5 Å². The van der Waals surface area contributed by atoms with Crippen molar-refractivity contribution in [3.8, 4) is 0 Å². The molecule has 0 atom stereocenters. The van der Waals surface area contributed by atoms with Crippen molar-refractivity contribution in [1.29, 1.82) is 0 Å². The lowest BCUT2D eigenvalue weighted by molar-refractivity contribution is 0.275. The van der Waals surface area contributed by atoms with Crippen molar-refractivity contribution < 1.29 is 33.6 Å². The van der Waals surface area contributed by atoms with E-state index in [-0.39, 0.29) is 0 Å². The van der Waals surface area contributed by atoms with Crippen molar-refractivity contribution in [2.45, 2.75) is 0 Å². The van der Waals surface area contributed by atoms with Crippen LogP contribution < -0.4 is 0 Å². The average Bonchev–Trinajstić information content (AvgIpc) is 1.96. The molecule has 0 spiro atoms. The molecule has 0 saturated heterocycles. The topological polar surface area (TPSA) is 138 Å². The standard InChI is InChI=1S/H3O4P.3HOSi/c1-5(2,3)4;3*1-2/h(H3,1,2,3,4);3*1H. The largest absolute Gasteiger partial charge is 0.466 e. The van der Waals surface area contributed by atoms with Crippen LogP contribution in [0, 0.1) is 0 Å². The fraction of sp³-hybridized carbons (Fsp3) is 0. The van der Waals surface area contributed by atoms with Gasteiger partial charge in [0.15, 0.2) is 0 Å². The maximum atomic E-state index is 8.88. The third-order valence-corrected chi connectivity index (χ3v) is 0. The zero-order chi connectivity index (χ0) is 10.5. The van der Waals surface area contributed by atoms with Crippen LogP contribution in [-0.2, 0) is 4.57 Å². The highest BCUT2D eigenvalue weighted by molar-refractivity contribution is 7.45. The minimum atomic E-state index is -4.64. The van der Waals surface area contributed by atoms with Gasteiger partial charge in [0.05, 0.1) is 0 Å².